The molecular weight excluding hydrogens is 410 g/mol. The van der Waals surface area contributed by atoms with E-state index in [1.54, 1.807) is 37.3 Å². The lowest BCUT2D eigenvalue weighted by molar-refractivity contribution is -0.135. The lowest BCUT2D eigenvalue weighted by atomic mass is 10.0. The van der Waals surface area contributed by atoms with Gasteiger partial charge in [-0.1, -0.05) is 20.8 Å². The van der Waals surface area contributed by atoms with E-state index in [2.05, 4.69) is 5.32 Å². The van der Waals surface area contributed by atoms with E-state index in [-0.39, 0.29) is 42.4 Å². The topological polar surface area (TPSA) is 88.2 Å². The van der Waals surface area contributed by atoms with Crippen LogP contribution >= 0.6 is 0 Å². The summed E-state index contributed by atoms with van der Waals surface area (Å²) in [5.74, 6) is 0.187. The Morgan fingerprint density at radius 2 is 1.94 bits per heavy atom. The summed E-state index contributed by atoms with van der Waals surface area (Å²) in [6.45, 7) is 8.87. The van der Waals surface area contributed by atoms with E-state index in [9.17, 15) is 14.4 Å². The fourth-order valence-electron chi connectivity index (χ4n) is 3.85. The van der Waals surface area contributed by atoms with Crippen LogP contribution in [0.2, 0.25) is 0 Å². The van der Waals surface area contributed by atoms with Gasteiger partial charge in [0.25, 0.3) is 5.91 Å². The summed E-state index contributed by atoms with van der Waals surface area (Å²) in [6, 6.07) is 4.86. The normalized spacial score (nSPS) is 22.3. The number of methoxy groups -OCH3 is 1. The van der Waals surface area contributed by atoms with E-state index in [1.165, 1.54) is 0 Å². The van der Waals surface area contributed by atoms with E-state index in [1.807, 2.05) is 32.6 Å². The lowest BCUT2D eigenvalue weighted by Crippen LogP contribution is -2.48. The van der Waals surface area contributed by atoms with Crippen molar-refractivity contribution in [3.8, 4) is 5.75 Å². The number of anilines is 1. The maximum atomic E-state index is 13.2. The predicted octanol–water partition coefficient (Wildman–Crippen LogP) is 3.17. The van der Waals surface area contributed by atoms with Crippen molar-refractivity contribution < 1.29 is 23.9 Å². The van der Waals surface area contributed by atoms with E-state index < -0.39 is 0 Å². The first-order valence-corrected chi connectivity index (χ1v) is 11.4. The standard InChI is InChI=1S/C24H37N3O5/c1-7-9-22(28)25-18-10-11-19-20(12-18)32-15-17(4)27(23(29)8-2)13-16(3)21(31-6)14-26(5)24(19)30/h10-12,16-17,21H,7-9,13-15H2,1-6H3,(H,25,28)/t16-,17-,21-/m0/s1. The highest BCUT2D eigenvalue weighted by molar-refractivity contribution is 5.98. The number of nitrogens with one attached hydrogen (secondary N) is 1. The molecule has 0 aromatic heterocycles. The molecule has 8 heteroatoms. The predicted molar refractivity (Wildman–Crippen MR) is 124 cm³/mol. The van der Waals surface area contributed by atoms with E-state index in [0.717, 1.165) is 6.42 Å². The SMILES string of the molecule is CCCC(=O)Nc1ccc2c(c1)OC[C@H](C)N(C(=O)CC)C[C@H](C)[C@@H](OC)CN(C)C2=O. The maximum absolute atomic E-state index is 13.2. The molecule has 0 aliphatic carbocycles. The van der Waals surface area contributed by atoms with Crippen molar-refractivity contribution in [1.82, 2.24) is 9.80 Å². The molecule has 32 heavy (non-hydrogen) atoms. The van der Waals surface area contributed by atoms with Gasteiger partial charge in [0.1, 0.15) is 12.4 Å². The average Bonchev–Trinajstić information content (AvgIpc) is 2.77. The number of benzene rings is 1. The Kier molecular flexibility index (Phi) is 9.50. The van der Waals surface area contributed by atoms with Crippen molar-refractivity contribution in [2.75, 3.05) is 39.2 Å². The number of amides is 3. The number of ether oxygens (including phenoxy) is 2. The molecule has 0 radical (unpaired) electrons. The minimum atomic E-state index is -0.222. The number of fused-ring (bicyclic) bond motifs is 1. The first-order chi connectivity index (χ1) is 15.2. The third-order valence-corrected chi connectivity index (χ3v) is 5.83. The van der Waals surface area contributed by atoms with E-state index in [0.29, 0.717) is 42.9 Å². The molecule has 0 fully saturated rings. The van der Waals surface area contributed by atoms with Gasteiger partial charge in [-0.15, -0.1) is 0 Å². The Morgan fingerprint density at radius 3 is 2.56 bits per heavy atom. The second-order valence-corrected chi connectivity index (χ2v) is 8.51. The Morgan fingerprint density at radius 1 is 1.22 bits per heavy atom. The van der Waals surface area contributed by atoms with Gasteiger partial charge in [-0.2, -0.15) is 0 Å². The summed E-state index contributed by atoms with van der Waals surface area (Å²) >= 11 is 0. The average molecular weight is 448 g/mol. The molecule has 1 aromatic carbocycles. The molecule has 3 atom stereocenters. The molecule has 1 N–H and O–H groups in total. The fraction of sp³-hybridized carbons (Fsp3) is 0.625. The van der Waals surface area contributed by atoms with Gasteiger partial charge in [0.15, 0.2) is 0 Å². The molecule has 0 bridgehead atoms. The molecule has 1 aliphatic rings. The van der Waals surface area contributed by atoms with Crippen LogP contribution in [0.4, 0.5) is 5.69 Å². The second-order valence-electron chi connectivity index (χ2n) is 8.51. The molecule has 3 amide bonds. The number of hydrogen-bond donors (Lipinski definition) is 1. The van der Waals surface area contributed by atoms with Crippen LogP contribution in [0.5, 0.6) is 5.75 Å². The zero-order valence-electron chi connectivity index (χ0n) is 20.1. The van der Waals surface area contributed by atoms with Gasteiger partial charge in [-0.25, -0.2) is 0 Å². The van der Waals surface area contributed by atoms with Gasteiger partial charge in [0.05, 0.1) is 17.7 Å². The van der Waals surface area contributed by atoms with Crippen LogP contribution in [-0.4, -0.2) is 73.5 Å². The molecule has 178 valence electrons. The molecule has 8 nitrogen and oxygen atoms in total. The van der Waals surface area contributed by atoms with Crippen molar-refractivity contribution in [1.29, 1.82) is 0 Å². The summed E-state index contributed by atoms with van der Waals surface area (Å²) in [4.78, 5) is 41.3. The Bertz CT molecular complexity index is 813. The Labute approximate surface area is 191 Å². The van der Waals surface area contributed by atoms with E-state index >= 15 is 0 Å². The Balaban J connectivity index is 2.42. The third kappa shape index (κ3) is 6.45. The highest BCUT2D eigenvalue weighted by atomic mass is 16.5. The van der Waals surface area contributed by atoms with Gasteiger partial charge in [0, 0.05) is 57.8 Å². The van der Waals surface area contributed by atoms with Crippen LogP contribution in [0.3, 0.4) is 0 Å². The zero-order valence-corrected chi connectivity index (χ0v) is 20.1. The highest BCUT2D eigenvalue weighted by Crippen LogP contribution is 2.27. The number of rotatable bonds is 5. The number of hydrogen-bond acceptors (Lipinski definition) is 5. The quantitative estimate of drug-likeness (QED) is 0.749. The number of carbonyl (C=O) groups excluding carboxylic acids is 3. The number of carbonyl (C=O) groups is 3. The van der Waals surface area contributed by atoms with Gasteiger partial charge >= 0.3 is 0 Å². The third-order valence-electron chi connectivity index (χ3n) is 5.83. The Hall–Kier alpha value is -2.61. The fourth-order valence-corrected chi connectivity index (χ4v) is 3.85. The minimum absolute atomic E-state index is 0.0308. The van der Waals surface area contributed by atoms with Crippen molar-refractivity contribution >= 4 is 23.4 Å². The summed E-state index contributed by atoms with van der Waals surface area (Å²) in [6.07, 6.45) is 1.34. The molecule has 0 saturated carbocycles. The van der Waals surface area contributed by atoms with Crippen molar-refractivity contribution in [2.24, 2.45) is 5.92 Å². The summed E-state index contributed by atoms with van der Waals surface area (Å²) < 4.78 is 11.7. The molecular formula is C24H37N3O5. The van der Waals surface area contributed by atoms with Gasteiger partial charge in [0.2, 0.25) is 11.8 Å². The molecule has 1 aliphatic heterocycles. The van der Waals surface area contributed by atoms with Gasteiger partial charge in [-0.05, 0) is 25.5 Å². The summed E-state index contributed by atoms with van der Waals surface area (Å²) in [5.41, 5.74) is 0.979. The summed E-state index contributed by atoms with van der Waals surface area (Å²) in [7, 11) is 3.36. The molecule has 1 aromatic rings. The van der Waals surface area contributed by atoms with E-state index in [4.69, 9.17) is 9.47 Å². The van der Waals surface area contributed by atoms with Crippen LogP contribution in [0.1, 0.15) is 57.3 Å². The zero-order chi connectivity index (χ0) is 23.8. The van der Waals surface area contributed by atoms with Crippen LogP contribution < -0.4 is 10.1 Å². The first kappa shape index (κ1) is 25.6. The van der Waals surface area contributed by atoms with Crippen molar-refractivity contribution in [3.63, 3.8) is 0 Å². The highest BCUT2D eigenvalue weighted by Gasteiger charge is 2.29. The van der Waals surface area contributed by atoms with Gasteiger partial charge < -0.3 is 24.6 Å². The minimum Gasteiger partial charge on any atom is -0.491 e. The van der Waals surface area contributed by atoms with Crippen LogP contribution in [0.25, 0.3) is 0 Å². The molecule has 0 unspecified atom stereocenters. The maximum Gasteiger partial charge on any atom is 0.257 e. The van der Waals surface area contributed by atoms with Crippen molar-refractivity contribution in [2.45, 2.75) is 59.1 Å². The van der Waals surface area contributed by atoms with Crippen LogP contribution in [0, 0.1) is 5.92 Å². The second kappa shape index (κ2) is 11.9. The molecule has 0 saturated heterocycles. The smallest absolute Gasteiger partial charge is 0.257 e. The number of likely N-dealkylation sites (N-methyl/N-ethyl adjacent to an activating group) is 1. The largest absolute Gasteiger partial charge is 0.491 e. The summed E-state index contributed by atoms with van der Waals surface area (Å²) in [5, 5.41) is 2.85. The number of nitrogens with zero attached hydrogens (tertiary/aromatic N) is 2. The van der Waals surface area contributed by atoms with Crippen LogP contribution in [-0.2, 0) is 14.3 Å². The van der Waals surface area contributed by atoms with Crippen molar-refractivity contribution in [3.05, 3.63) is 23.8 Å². The van der Waals surface area contributed by atoms with Crippen LogP contribution in [0.15, 0.2) is 18.2 Å². The molecule has 2 rings (SSSR count). The molecule has 1 heterocycles. The first-order valence-electron chi connectivity index (χ1n) is 11.4. The lowest BCUT2D eigenvalue weighted by Gasteiger charge is -2.36. The monoisotopic (exact) mass is 447 g/mol. The molecule has 0 spiro atoms. The van der Waals surface area contributed by atoms with Gasteiger partial charge in [-0.3, -0.25) is 14.4 Å².